The van der Waals surface area contributed by atoms with Gasteiger partial charge < -0.3 is 15.2 Å². The van der Waals surface area contributed by atoms with E-state index in [1.54, 1.807) is 12.1 Å². The molecule has 5 nitrogen and oxygen atoms in total. The van der Waals surface area contributed by atoms with E-state index in [4.69, 9.17) is 0 Å². The topological polar surface area (TPSA) is 65.2 Å². The normalized spacial score (nSPS) is 10.8. The molecule has 1 amide bonds. The molecule has 0 aliphatic carbocycles. The van der Waals surface area contributed by atoms with Gasteiger partial charge >= 0.3 is 0 Å². The number of carbonyl (C=O) groups is 1. The summed E-state index contributed by atoms with van der Waals surface area (Å²) in [6, 6.07) is 13.1. The number of nitrogens with zero attached hydrogens (tertiary/aromatic N) is 1. The maximum Gasteiger partial charge on any atom is 0.261 e. The number of hydrogen-bond donors (Lipinski definition) is 2. The fourth-order valence-corrected chi connectivity index (χ4v) is 3.17. The number of aromatic amines is 1. The molecule has 0 spiro atoms. The Labute approximate surface area is 159 Å². The van der Waals surface area contributed by atoms with Crippen LogP contribution in [0.5, 0.6) is 0 Å². The molecule has 1 heterocycles. The average Bonchev–Trinajstić information content (AvgIpc) is 2.67. The maximum absolute atomic E-state index is 12.7. The lowest BCUT2D eigenvalue weighted by Gasteiger charge is -2.19. The van der Waals surface area contributed by atoms with Crippen LogP contribution in [0.3, 0.4) is 0 Å². The molecule has 0 atom stereocenters. The molecule has 0 bridgehead atoms. The van der Waals surface area contributed by atoms with Gasteiger partial charge in [-0.05, 0) is 42.7 Å². The van der Waals surface area contributed by atoms with Crippen LogP contribution in [0.2, 0.25) is 0 Å². The summed E-state index contributed by atoms with van der Waals surface area (Å²) in [7, 11) is 3.98. The zero-order valence-electron chi connectivity index (χ0n) is 16.0. The molecule has 0 aliphatic heterocycles. The van der Waals surface area contributed by atoms with Crippen LogP contribution in [-0.4, -0.2) is 25.0 Å². The van der Waals surface area contributed by atoms with Crippen molar-refractivity contribution in [3.8, 4) is 0 Å². The third-order valence-electron chi connectivity index (χ3n) is 4.66. The Bertz CT molecular complexity index is 1020. The minimum Gasteiger partial charge on any atom is -0.377 e. The summed E-state index contributed by atoms with van der Waals surface area (Å²) < 4.78 is 0. The van der Waals surface area contributed by atoms with Crippen molar-refractivity contribution in [2.24, 2.45) is 0 Å². The van der Waals surface area contributed by atoms with Crippen LogP contribution in [0.25, 0.3) is 10.9 Å². The second-order valence-corrected chi connectivity index (χ2v) is 6.87. The molecule has 27 heavy (non-hydrogen) atoms. The van der Waals surface area contributed by atoms with E-state index in [2.05, 4.69) is 17.2 Å². The summed E-state index contributed by atoms with van der Waals surface area (Å²) in [4.78, 5) is 30.4. The van der Waals surface area contributed by atoms with Crippen LogP contribution in [0.15, 0.2) is 53.5 Å². The summed E-state index contributed by atoms with van der Waals surface area (Å²) in [6.45, 7) is 2.17. The third-order valence-corrected chi connectivity index (χ3v) is 4.66. The summed E-state index contributed by atoms with van der Waals surface area (Å²) in [6.07, 6.45) is 4.74. The van der Waals surface area contributed by atoms with Gasteiger partial charge in [-0.15, -0.1) is 0 Å². The van der Waals surface area contributed by atoms with Crippen LogP contribution in [0.1, 0.15) is 35.7 Å². The molecule has 0 saturated heterocycles. The number of rotatable bonds is 6. The zero-order chi connectivity index (χ0) is 19.4. The molecule has 1 aromatic heterocycles. The van der Waals surface area contributed by atoms with E-state index in [-0.39, 0.29) is 11.0 Å². The Balaban J connectivity index is 1.89. The van der Waals surface area contributed by atoms with E-state index in [9.17, 15) is 9.59 Å². The first kappa shape index (κ1) is 18.7. The number of carbonyl (C=O) groups excluding carboxylic acids is 1. The number of para-hydroxylation sites is 1. The number of hydrogen-bond acceptors (Lipinski definition) is 3. The first-order valence-corrected chi connectivity index (χ1v) is 9.23. The number of aromatic nitrogens is 1. The largest absolute Gasteiger partial charge is 0.377 e. The number of benzene rings is 2. The smallest absolute Gasteiger partial charge is 0.261 e. The van der Waals surface area contributed by atoms with Gasteiger partial charge in [0.15, 0.2) is 0 Å². The van der Waals surface area contributed by atoms with E-state index < -0.39 is 5.91 Å². The van der Waals surface area contributed by atoms with Gasteiger partial charge in [0.1, 0.15) is 5.56 Å². The van der Waals surface area contributed by atoms with E-state index >= 15 is 0 Å². The summed E-state index contributed by atoms with van der Waals surface area (Å²) in [5.41, 5.74) is 3.56. The quantitative estimate of drug-likeness (QED) is 0.690. The predicted octanol–water partition coefficient (Wildman–Crippen LogP) is 4.19. The number of amides is 1. The first-order valence-electron chi connectivity index (χ1n) is 9.23. The monoisotopic (exact) mass is 363 g/mol. The molecule has 0 aliphatic rings. The van der Waals surface area contributed by atoms with E-state index in [1.165, 1.54) is 11.8 Å². The van der Waals surface area contributed by atoms with Crippen molar-refractivity contribution in [1.29, 1.82) is 0 Å². The fourth-order valence-electron chi connectivity index (χ4n) is 3.17. The second kappa shape index (κ2) is 8.08. The fraction of sp³-hybridized carbons (Fsp3) is 0.273. The lowest BCUT2D eigenvalue weighted by Crippen LogP contribution is -2.22. The van der Waals surface area contributed by atoms with Gasteiger partial charge in [0.05, 0.1) is 0 Å². The third kappa shape index (κ3) is 4.03. The summed E-state index contributed by atoms with van der Waals surface area (Å²) in [5, 5.41) is 3.37. The van der Waals surface area contributed by atoms with Crippen molar-refractivity contribution in [3.05, 3.63) is 70.0 Å². The highest BCUT2D eigenvalue weighted by Crippen LogP contribution is 2.25. The number of pyridine rings is 1. The van der Waals surface area contributed by atoms with Crippen LogP contribution in [-0.2, 0) is 6.42 Å². The van der Waals surface area contributed by atoms with Gasteiger partial charge in [-0.1, -0.05) is 31.5 Å². The van der Waals surface area contributed by atoms with Crippen LogP contribution < -0.4 is 15.6 Å². The second-order valence-electron chi connectivity index (χ2n) is 6.87. The van der Waals surface area contributed by atoms with Crippen molar-refractivity contribution < 1.29 is 4.79 Å². The molecule has 3 aromatic rings. The van der Waals surface area contributed by atoms with Crippen molar-refractivity contribution in [1.82, 2.24) is 4.98 Å². The molecule has 0 radical (unpaired) electrons. The van der Waals surface area contributed by atoms with Gasteiger partial charge in [0.2, 0.25) is 5.43 Å². The van der Waals surface area contributed by atoms with Crippen molar-refractivity contribution in [2.75, 3.05) is 24.3 Å². The molecule has 5 heteroatoms. The molecule has 2 aromatic carbocycles. The first-order chi connectivity index (χ1) is 13.0. The van der Waals surface area contributed by atoms with Crippen molar-refractivity contribution in [3.63, 3.8) is 0 Å². The van der Waals surface area contributed by atoms with Gasteiger partial charge in [0, 0.05) is 42.6 Å². The highest BCUT2D eigenvalue weighted by molar-refractivity contribution is 6.05. The Morgan fingerprint density at radius 2 is 1.93 bits per heavy atom. The van der Waals surface area contributed by atoms with Gasteiger partial charge in [-0.25, -0.2) is 0 Å². The Hall–Kier alpha value is -3.08. The molecule has 0 saturated carbocycles. The molecule has 0 fully saturated rings. The Morgan fingerprint density at radius 3 is 2.67 bits per heavy atom. The molecule has 0 unspecified atom stereocenters. The van der Waals surface area contributed by atoms with Crippen molar-refractivity contribution >= 4 is 28.2 Å². The summed E-state index contributed by atoms with van der Waals surface area (Å²) >= 11 is 0. The lowest BCUT2D eigenvalue weighted by atomic mass is 10.0. The standard InChI is InChI=1S/C22H25N3O2/c1-4-5-8-15-11-12-16(13-20(15)25(2)3)24-22(27)18-14-23-19-10-7-6-9-17(19)21(18)26/h6-7,9-14H,4-5,8H2,1-3H3,(H,23,26)(H,24,27). The molecular weight excluding hydrogens is 338 g/mol. The molecular formula is C22H25N3O2. The number of unbranched alkanes of at least 4 members (excludes halogenated alkanes) is 1. The number of aryl methyl sites for hydroxylation is 1. The summed E-state index contributed by atoms with van der Waals surface area (Å²) in [5.74, 6) is -0.409. The van der Waals surface area contributed by atoms with Crippen LogP contribution in [0.4, 0.5) is 11.4 Å². The minimum absolute atomic E-state index is 0.107. The average molecular weight is 363 g/mol. The van der Waals surface area contributed by atoms with E-state index in [0.29, 0.717) is 16.6 Å². The molecule has 2 N–H and O–H groups in total. The zero-order valence-corrected chi connectivity index (χ0v) is 16.0. The van der Waals surface area contributed by atoms with Crippen molar-refractivity contribution in [2.45, 2.75) is 26.2 Å². The molecule has 140 valence electrons. The highest BCUT2D eigenvalue weighted by Gasteiger charge is 2.14. The lowest BCUT2D eigenvalue weighted by molar-refractivity contribution is 0.102. The van der Waals surface area contributed by atoms with Gasteiger partial charge in [-0.3, -0.25) is 9.59 Å². The molecule has 3 rings (SSSR count). The van der Waals surface area contributed by atoms with Crippen LogP contribution in [0, 0.1) is 0 Å². The number of anilines is 2. The maximum atomic E-state index is 12.7. The SMILES string of the molecule is CCCCc1ccc(NC(=O)c2c[nH]c3ccccc3c2=O)cc1N(C)C. The van der Waals surface area contributed by atoms with E-state index in [0.717, 1.165) is 24.9 Å². The number of H-pyrrole nitrogens is 1. The minimum atomic E-state index is -0.409. The number of nitrogens with one attached hydrogen (secondary N) is 2. The highest BCUT2D eigenvalue weighted by atomic mass is 16.2. The Morgan fingerprint density at radius 1 is 1.15 bits per heavy atom. The predicted molar refractivity (Wildman–Crippen MR) is 112 cm³/mol. The van der Waals surface area contributed by atoms with Gasteiger partial charge in [-0.2, -0.15) is 0 Å². The number of fused-ring (bicyclic) bond motifs is 1. The van der Waals surface area contributed by atoms with E-state index in [1.807, 2.05) is 49.3 Å². The Kier molecular flexibility index (Phi) is 5.60. The van der Waals surface area contributed by atoms with Crippen LogP contribution >= 0.6 is 0 Å². The van der Waals surface area contributed by atoms with Gasteiger partial charge in [0.25, 0.3) is 5.91 Å².